The van der Waals surface area contributed by atoms with Crippen LogP contribution >= 0.6 is 0 Å². The van der Waals surface area contributed by atoms with Crippen molar-refractivity contribution >= 4 is 10.8 Å². The second-order valence-electron chi connectivity index (χ2n) is 4.80. The zero-order chi connectivity index (χ0) is 15.0. The average molecular weight is 279 g/mol. The van der Waals surface area contributed by atoms with Gasteiger partial charge in [0.2, 0.25) is 5.88 Å². The van der Waals surface area contributed by atoms with E-state index in [1.807, 2.05) is 24.3 Å². The average Bonchev–Trinajstić information content (AvgIpc) is 2.72. The first-order chi connectivity index (χ1) is 10.1. The Morgan fingerprint density at radius 3 is 2.71 bits per heavy atom. The Morgan fingerprint density at radius 1 is 1.19 bits per heavy atom. The first-order valence-electron chi connectivity index (χ1n) is 6.43. The molecular weight excluding hydrogens is 266 g/mol. The van der Waals surface area contributed by atoms with E-state index in [4.69, 9.17) is 4.74 Å². The summed E-state index contributed by atoms with van der Waals surface area (Å²) in [4.78, 5) is 0. The molecule has 1 heterocycles. The minimum atomic E-state index is 0.203. The monoisotopic (exact) mass is 279 g/mol. The van der Waals surface area contributed by atoms with Crippen LogP contribution < -0.4 is 4.74 Å². The highest BCUT2D eigenvalue weighted by molar-refractivity contribution is 5.85. The molecule has 21 heavy (non-hydrogen) atoms. The molecule has 0 aliphatic rings. The summed E-state index contributed by atoms with van der Waals surface area (Å²) in [6.07, 6.45) is 0. The third-order valence-corrected chi connectivity index (χ3v) is 3.29. The zero-order valence-corrected chi connectivity index (χ0v) is 11.7. The Morgan fingerprint density at radius 2 is 1.95 bits per heavy atom. The molecule has 0 saturated heterocycles. The topological polar surface area (TPSA) is 71.1 Å². The van der Waals surface area contributed by atoms with Crippen LogP contribution in [-0.4, -0.2) is 14.9 Å². The van der Waals surface area contributed by atoms with Crippen molar-refractivity contribution in [1.29, 1.82) is 5.26 Å². The molecule has 1 aromatic heterocycles. The van der Waals surface area contributed by atoms with E-state index >= 15 is 0 Å². The van der Waals surface area contributed by atoms with Gasteiger partial charge in [-0.1, -0.05) is 12.1 Å². The van der Waals surface area contributed by atoms with Crippen molar-refractivity contribution in [3.05, 3.63) is 47.7 Å². The molecule has 0 aliphatic heterocycles. The van der Waals surface area contributed by atoms with Crippen LogP contribution in [0.1, 0.15) is 11.3 Å². The van der Waals surface area contributed by atoms with Crippen molar-refractivity contribution in [2.45, 2.75) is 6.92 Å². The molecule has 3 aromatic rings. The van der Waals surface area contributed by atoms with Crippen molar-refractivity contribution in [1.82, 2.24) is 9.78 Å². The van der Waals surface area contributed by atoms with Crippen LogP contribution in [0.15, 0.2) is 36.4 Å². The number of nitriles is 1. The van der Waals surface area contributed by atoms with Crippen LogP contribution in [0.3, 0.4) is 0 Å². The number of hydrogen-bond donors (Lipinski definition) is 1. The van der Waals surface area contributed by atoms with E-state index in [1.165, 1.54) is 0 Å². The molecule has 3 rings (SSSR count). The minimum Gasteiger partial charge on any atom is -0.508 e. The van der Waals surface area contributed by atoms with Gasteiger partial charge in [0, 0.05) is 7.05 Å². The number of rotatable bonds is 2. The highest BCUT2D eigenvalue weighted by atomic mass is 16.5. The fraction of sp³-hybridized carbons (Fsp3) is 0.125. The van der Waals surface area contributed by atoms with E-state index < -0.39 is 0 Å². The summed E-state index contributed by atoms with van der Waals surface area (Å²) in [6, 6.07) is 12.8. The predicted molar refractivity (Wildman–Crippen MR) is 78.3 cm³/mol. The van der Waals surface area contributed by atoms with Crippen molar-refractivity contribution in [2.24, 2.45) is 7.05 Å². The molecule has 5 nitrogen and oxygen atoms in total. The highest BCUT2D eigenvalue weighted by Gasteiger charge is 2.15. The van der Waals surface area contributed by atoms with Gasteiger partial charge in [-0.25, -0.2) is 4.68 Å². The van der Waals surface area contributed by atoms with Gasteiger partial charge < -0.3 is 9.84 Å². The number of phenols is 1. The van der Waals surface area contributed by atoms with Crippen LogP contribution in [0, 0.1) is 18.3 Å². The third kappa shape index (κ3) is 2.28. The van der Waals surface area contributed by atoms with Gasteiger partial charge in [-0.2, -0.15) is 10.4 Å². The number of ether oxygens (including phenoxy) is 1. The normalized spacial score (nSPS) is 10.5. The molecule has 0 aliphatic carbocycles. The van der Waals surface area contributed by atoms with Gasteiger partial charge in [0.1, 0.15) is 23.1 Å². The first-order valence-corrected chi connectivity index (χ1v) is 6.43. The second-order valence-corrected chi connectivity index (χ2v) is 4.80. The number of nitrogens with zero attached hydrogens (tertiary/aromatic N) is 3. The van der Waals surface area contributed by atoms with E-state index in [2.05, 4.69) is 11.2 Å². The fourth-order valence-electron chi connectivity index (χ4n) is 2.27. The smallest absolute Gasteiger partial charge is 0.235 e. The van der Waals surface area contributed by atoms with Crippen LogP contribution in [0.4, 0.5) is 0 Å². The second kappa shape index (κ2) is 4.84. The van der Waals surface area contributed by atoms with Gasteiger partial charge >= 0.3 is 0 Å². The van der Waals surface area contributed by atoms with E-state index in [0.29, 0.717) is 22.9 Å². The molecule has 0 spiro atoms. The van der Waals surface area contributed by atoms with Crippen molar-refractivity contribution in [3.63, 3.8) is 0 Å². The van der Waals surface area contributed by atoms with Crippen molar-refractivity contribution in [2.75, 3.05) is 0 Å². The van der Waals surface area contributed by atoms with Gasteiger partial charge in [-0.15, -0.1) is 0 Å². The van der Waals surface area contributed by atoms with Crippen molar-refractivity contribution in [3.8, 4) is 23.4 Å². The standard InChI is InChI=1S/C16H13N3O2/c1-10-15(9-17)16(19(2)18-10)21-14-6-4-11-3-5-13(20)7-12(11)8-14/h3-8,20H,1-2H3. The summed E-state index contributed by atoms with van der Waals surface area (Å²) in [5, 5.41) is 24.8. The zero-order valence-electron chi connectivity index (χ0n) is 11.7. The number of benzene rings is 2. The maximum atomic E-state index is 9.54. The Hall–Kier alpha value is -3.00. The molecule has 104 valence electrons. The molecule has 1 N–H and O–H groups in total. The molecule has 5 heteroatoms. The van der Waals surface area contributed by atoms with Crippen LogP contribution in [0.5, 0.6) is 17.4 Å². The Bertz CT molecular complexity index is 875. The lowest BCUT2D eigenvalue weighted by Gasteiger charge is -2.07. The summed E-state index contributed by atoms with van der Waals surface area (Å²) >= 11 is 0. The number of hydrogen-bond acceptors (Lipinski definition) is 4. The summed E-state index contributed by atoms with van der Waals surface area (Å²) < 4.78 is 7.34. The summed E-state index contributed by atoms with van der Waals surface area (Å²) in [5.74, 6) is 1.20. The molecule has 0 fully saturated rings. The lowest BCUT2D eigenvalue weighted by Crippen LogP contribution is -1.96. The third-order valence-electron chi connectivity index (χ3n) is 3.29. The summed E-state index contributed by atoms with van der Waals surface area (Å²) in [7, 11) is 1.73. The maximum absolute atomic E-state index is 9.54. The molecule has 0 saturated carbocycles. The number of fused-ring (bicyclic) bond motifs is 1. The number of aryl methyl sites for hydroxylation is 2. The van der Waals surface area contributed by atoms with Crippen LogP contribution in [-0.2, 0) is 7.05 Å². The molecule has 0 amide bonds. The summed E-state index contributed by atoms with van der Waals surface area (Å²) in [5.41, 5.74) is 1.06. The number of phenolic OH excluding ortho intramolecular Hbond substituents is 1. The fourth-order valence-corrected chi connectivity index (χ4v) is 2.27. The molecular formula is C16H13N3O2. The van der Waals surface area contributed by atoms with E-state index in [-0.39, 0.29) is 5.75 Å². The maximum Gasteiger partial charge on any atom is 0.235 e. The van der Waals surface area contributed by atoms with E-state index in [9.17, 15) is 10.4 Å². The van der Waals surface area contributed by atoms with Gasteiger partial charge in [-0.3, -0.25) is 0 Å². The molecule has 0 bridgehead atoms. The summed E-state index contributed by atoms with van der Waals surface area (Å²) in [6.45, 7) is 1.77. The highest BCUT2D eigenvalue weighted by Crippen LogP contribution is 2.30. The Labute approximate surface area is 121 Å². The predicted octanol–water partition coefficient (Wildman–Crippen LogP) is 3.25. The Balaban J connectivity index is 2.04. The van der Waals surface area contributed by atoms with Crippen LogP contribution in [0.25, 0.3) is 10.8 Å². The quantitative estimate of drug-likeness (QED) is 0.781. The lowest BCUT2D eigenvalue weighted by atomic mass is 10.1. The Kier molecular flexibility index (Phi) is 2.99. The van der Waals surface area contributed by atoms with Gasteiger partial charge in [0.15, 0.2) is 0 Å². The van der Waals surface area contributed by atoms with Crippen molar-refractivity contribution < 1.29 is 9.84 Å². The van der Waals surface area contributed by atoms with Gasteiger partial charge in [0.25, 0.3) is 0 Å². The molecule has 0 atom stereocenters. The largest absolute Gasteiger partial charge is 0.508 e. The van der Waals surface area contributed by atoms with Gasteiger partial charge in [-0.05, 0) is 42.0 Å². The number of aromatic hydroxyl groups is 1. The lowest BCUT2D eigenvalue weighted by molar-refractivity contribution is 0.430. The van der Waals surface area contributed by atoms with E-state index in [1.54, 1.807) is 30.8 Å². The molecule has 0 unspecified atom stereocenters. The molecule has 0 radical (unpaired) electrons. The SMILES string of the molecule is Cc1nn(C)c(Oc2ccc3ccc(O)cc3c2)c1C#N. The number of aromatic nitrogens is 2. The minimum absolute atomic E-state index is 0.203. The first kappa shape index (κ1) is 13.0. The van der Waals surface area contributed by atoms with E-state index in [0.717, 1.165) is 10.8 Å². The van der Waals surface area contributed by atoms with Crippen LogP contribution in [0.2, 0.25) is 0 Å². The molecule has 2 aromatic carbocycles. The van der Waals surface area contributed by atoms with Gasteiger partial charge in [0.05, 0.1) is 5.69 Å².